The molecule has 1 heterocycles. The molecule has 8 nitrogen and oxygen atoms in total. The Labute approximate surface area is 124 Å². The summed E-state index contributed by atoms with van der Waals surface area (Å²) in [6.45, 7) is 1.42. The molecule has 0 aliphatic carbocycles. The Morgan fingerprint density at radius 1 is 1.33 bits per heavy atom. The molecule has 0 saturated carbocycles. The number of nitrogens with one attached hydrogen (secondary N) is 1. The van der Waals surface area contributed by atoms with Gasteiger partial charge in [-0.25, -0.2) is 0 Å². The topological polar surface area (TPSA) is 123 Å². The first-order chi connectivity index (χ1) is 9.97. The summed E-state index contributed by atoms with van der Waals surface area (Å²) in [5, 5.41) is 19.4. The molecule has 2 aromatic rings. The summed E-state index contributed by atoms with van der Waals surface area (Å²) in [6.07, 6.45) is 0. The summed E-state index contributed by atoms with van der Waals surface area (Å²) >= 11 is 1.03. The molecule has 1 aromatic carbocycles. The zero-order chi connectivity index (χ0) is 15.4. The van der Waals surface area contributed by atoms with Gasteiger partial charge >= 0.3 is 5.97 Å². The Balaban J connectivity index is 2.26. The highest BCUT2D eigenvalue weighted by atomic mass is 32.2. The van der Waals surface area contributed by atoms with Crippen molar-refractivity contribution in [1.82, 2.24) is 14.8 Å². The number of aromatic nitrogens is 3. The van der Waals surface area contributed by atoms with E-state index in [1.54, 1.807) is 28.8 Å². The van der Waals surface area contributed by atoms with Crippen molar-refractivity contribution >= 4 is 35.3 Å². The van der Waals surface area contributed by atoms with Crippen LogP contribution in [0.5, 0.6) is 0 Å². The Bertz CT molecular complexity index is 668. The highest BCUT2D eigenvalue weighted by Crippen LogP contribution is 2.24. The van der Waals surface area contributed by atoms with Crippen LogP contribution in [0.25, 0.3) is 5.69 Å². The van der Waals surface area contributed by atoms with E-state index in [9.17, 15) is 9.59 Å². The van der Waals surface area contributed by atoms with Crippen molar-refractivity contribution in [2.24, 2.45) is 0 Å². The van der Waals surface area contributed by atoms with Crippen LogP contribution in [0.1, 0.15) is 6.92 Å². The van der Waals surface area contributed by atoms with E-state index in [0.29, 0.717) is 16.5 Å². The van der Waals surface area contributed by atoms with E-state index in [1.165, 1.54) is 6.92 Å². The Hall–Kier alpha value is -2.55. The maximum atomic E-state index is 11.0. The molecule has 0 unspecified atom stereocenters. The number of nitrogens with two attached hydrogens (primary N) is 1. The van der Waals surface area contributed by atoms with Crippen molar-refractivity contribution in [2.45, 2.75) is 12.1 Å². The van der Waals surface area contributed by atoms with E-state index < -0.39 is 5.97 Å². The van der Waals surface area contributed by atoms with Gasteiger partial charge in [0.2, 0.25) is 11.9 Å². The lowest BCUT2D eigenvalue weighted by molar-refractivity contribution is -0.133. The third kappa shape index (κ3) is 3.72. The van der Waals surface area contributed by atoms with Gasteiger partial charge in [0.25, 0.3) is 0 Å². The Morgan fingerprint density at radius 2 is 2.00 bits per heavy atom. The minimum absolute atomic E-state index is 0.137. The first-order valence-corrected chi connectivity index (χ1v) is 6.89. The predicted octanol–water partition coefficient (Wildman–Crippen LogP) is 0.985. The number of carbonyl (C=O) groups is 2. The molecule has 1 aromatic heterocycles. The second-order valence-electron chi connectivity index (χ2n) is 4.09. The first-order valence-electron chi connectivity index (χ1n) is 5.91. The van der Waals surface area contributed by atoms with Crippen molar-refractivity contribution < 1.29 is 14.7 Å². The van der Waals surface area contributed by atoms with Crippen LogP contribution >= 0.6 is 11.8 Å². The molecule has 21 heavy (non-hydrogen) atoms. The molecule has 110 valence electrons. The smallest absolute Gasteiger partial charge is 0.313 e. The molecule has 0 saturated heterocycles. The standard InChI is InChI=1S/C12H13N5O3S/c1-7(18)14-8-2-4-9(5-3-8)17-11(13)15-16-12(17)21-6-10(19)20/h2-5H,6H2,1H3,(H2,13,15)(H,14,18)(H,19,20). The van der Waals surface area contributed by atoms with Gasteiger partial charge in [0, 0.05) is 12.6 Å². The number of rotatable bonds is 5. The molecule has 0 aliphatic rings. The number of aliphatic carboxylic acids is 1. The van der Waals surface area contributed by atoms with Crippen LogP contribution in [0.15, 0.2) is 29.4 Å². The number of carboxylic acids is 1. The van der Waals surface area contributed by atoms with Crippen LogP contribution in [0.4, 0.5) is 11.6 Å². The van der Waals surface area contributed by atoms with Gasteiger partial charge in [-0.15, -0.1) is 10.2 Å². The van der Waals surface area contributed by atoms with E-state index in [-0.39, 0.29) is 17.6 Å². The molecular weight excluding hydrogens is 294 g/mol. The van der Waals surface area contributed by atoms with Crippen LogP contribution in [-0.4, -0.2) is 37.5 Å². The second kappa shape index (κ2) is 6.27. The average Bonchev–Trinajstić information content (AvgIpc) is 2.78. The molecule has 0 aliphatic heterocycles. The van der Waals surface area contributed by atoms with E-state index in [2.05, 4.69) is 15.5 Å². The zero-order valence-electron chi connectivity index (χ0n) is 11.1. The SMILES string of the molecule is CC(=O)Nc1ccc(-n2c(N)nnc2SCC(=O)O)cc1. The molecule has 0 bridgehead atoms. The number of hydrogen-bond acceptors (Lipinski definition) is 6. The van der Waals surface area contributed by atoms with E-state index >= 15 is 0 Å². The zero-order valence-corrected chi connectivity index (χ0v) is 11.9. The van der Waals surface area contributed by atoms with Gasteiger partial charge in [-0.1, -0.05) is 11.8 Å². The minimum atomic E-state index is -0.950. The molecule has 0 radical (unpaired) electrons. The summed E-state index contributed by atoms with van der Waals surface area (Å²) in [6, 6.07) is 6.88. The van der Waals surface area contributed by atoms with Gasteiger partial charge in [-0.05, 0) is 24.3 Å². The number of carboxylic acid groups (broad SMARTS) is 1. The minimum Gasteiger partial charge on any atom is -0.481 e. The fraction of sp³-hybridized carbons (Fsp3) is 0.167. The third-order valence-corrected chi connectivity index (χ3v) is 3.34. The maximum absolute atomic E-state index is 11.0. The number of nitrogens with zero attached hydrogens (tertiary/aromatic N) is 3. The van der Waals surface area contributed by atoms with Gasteiger partial charge in [0.05, 0.1) is 11.4 Å². The Kier molecular flexibility index (Phi) is 4.43. The van der Waals surface area contributed by atoms with Crippen molar-refractivity contribution in [3.8, 4) is 5.69 Å². The molecule has 2 rings (SSSR count). The lowest BCUT2D eigenvalue weighted by atomic mass is 10.3. The van der Waals surface area contributed by atoms with Gasteiger partial charge < -0.3 is 16.2 Å². The van der Waals surface area contributed by atoms with Crippen LogP contribution < -0.4 is 11.1 Å². The van der Waals surface area contributed by atoms with Crippen molar-refractivity contribution in [1.29, 1.82) is 0 Å². The quantitative estimate of drug-likeness (QED) is 0.703. The second-order valence-corrected chi connectivity index (χ2v) is 5.03. The van der Waals surface area contributed by atoms with Crippen molar-refractivity contribution in [3.05, 3.63) is 24.3 Å². The van der Waals surface area contributed by atoms with Gasteiger partial charge in [-0.2, -0.15) is 0 Å². The number of hydrogen-bond donors (Lipinski definition) is 3. The summed E-state index contributed by atoms with van der Waals surface area (Å²) in [5.74, 6) is -1.09. The molecular formula is C12H13N5O3S. The highest BCUT2D eigenvalue weighted by molar-refractivity contribution is 7.99. The summed E-state index contributed by atoms with van der Waals surface area (Å²) in [5.41, 5.74) is 7.09. The molecule has 0 atom stereocenters. The van der Waals surface area contributed by atoms with Crippen LogP contribution in [-0.2, 0) is 9.59 Å². The lowest BCUT2D eigenvalue weighted by Crippen LogP contribution is -2.07. The summed E-state index contributed by atoms with van der Waals surface area (Å²) < 4.78 is 1.55. The van der Waals surface area contributed by atoms with Crippen LogP contribution in [0.3, 0.4) is 0 Å². The number of thioether (sulfide) groups is 1. The van der Waals surface area contributed by atoms with Crippen LogP contribution in [0, 0.1) is 0 Å². The fourth-order valence-corrected chi connectivity index (χ4v) is 2.32. The predicted molar refractivity (Wildman–Crippen MR) is 78.4 cm³/mol. The van der Waals surface area contributed by atoms with E-state index in [1.807, 2.05) is 0 Å². The molecule has 4 N–H and O–H groups in total. The van der Waals surface area contributed by atoms with Crippen LogP contribution in [0.2, 0.25) is 0 Å². The molecule has 9 heteroatoms. The summed E-state index contributed by atoms with van der Waals surface area (Å²) in [7, 11) is 0. The number of benzene rings is 1. The molecule has 0 spiro atoms. The number of nitrogen functional groups attached to an aromatic ring is 1. The Morgan fingerprint density at radius 3 is 2.57 bits per heavy atom. The lowest BCUT2D eigenvalue weighted by Gasteiger charge is -2.08. The maximum Gasteiger partial charge on any atom is 0.313 e. The van der Waals surface area contributed by atoms with Crippen molar-refractivity contribution in [2.75, 3.05) is 16.8 Å². The fourth-order valence-electron chi connectivity index (χ4n) is 1.64. The van der Waals surface area contributed by atoms with Gasteiger partial charge in [0.15, 0.2) is 5.16 Å². The van der Waals surface area contributed by atoms with E-state index in [0.717, 1.165) is 11.8 Å². The monoisotopic (exact) mass is 307 g/mol. The highest BCUT2D eigenvalue weighted by Gasteiger charge is 2.13. The molecule has 0 fully saturated rings. The van der Waals surface area contributed by atoms with Gasteiger partial charge in [-0.3, -0.25) is 14.2 Å². The number of carbonyl (C=O) groups excluding carboxylic acids is 1. The largest absolute Gasteiger partial charge is 0.481 e. The average molecular weight is 307 g/mol. The summed E-state index contributed by atoms with van der Waals surface area (Å²) in [4.78, 5) is 21.6. The first kappa shape index (κ1) is 14.9. The van der Waals surface area contributed by atoms with Crippen molar-refractivity contribution in [3.63, 3.8) is 0 Å². The number of anilines is 2. The normalized spacial score (nSPS) is 10.3. The number of amides is 1. The van der Waals surface area contributed by atoms with E-state index in [4.69, 9.17) is 10.8 Å². The third-order valence-electron chi connectivity index (χ3n) is 2.43. The molecule has 1 amide bonds. The van der Waals surface area contributed by atoms with Gasteiger partial charge in [0.1, 0.15) is 0 Å².